The molecule has 0 aliphatic carbocycles. The van der Waals surface area contributed by atoms with Crippen LogP contribution < -0.4 is 0 Å². The number of aromatic nitrogens is 2. The van der Waals surface area contributed by atoms with Gasteiger partial charge in [-0.05, 0) is 17.4 Å². The van der Waals surface area contributed by atoms with Crippen molar-refractivity contribution in [2.75, 3.05) is 0 Å². The maximum Gasteiger partial charge on any atom is 0.223 e. The van der Waals surface area contributed by atoms with Crippen molar-refractivity contribution in [1.29, 1.82) is 0 Å². The van der Waals surface area contributed by atoms with Crippen molar-refractivity contribution in [3.05, 3.63) is 22.2 Å². The van der Waals surface area contributed by atoms with Gasteiger partial charge < -0.3 is 0 Å². The molecule has 12 heavy (non-hydrogen) atoms. The smallest absolute Gasteiger partial charge is 0.223 e. The molecule has 0 bridgehead atoms. The molecule has 1 aromatic heterocycles. The van der Waals surface area contributed by atoms with Gasteiger partial charge in [0, 0.05) is 11.8 Å². The summed E-state index contributed by atoms with van der Waals surface area (Å²) in [5.41, 5.74) is 0.739. The average molecular weight is 201 g/mol. The van der Waals surface area contributed by atoms with Crippen molar-refractivity contribution < 1.29 is 0 Å². The zero-order valence-corrected chi connectivity index (χ0v) is 8.10. The molecule has 2 nitrogen and oxygen atoms in total. The van der Waals surface area contributed by atoms with Crippen molar-refractivity contribution >= 4 is 31.0 Å². The van der Waals surface area contributed by atoms with Gasteiger partial charge >= 0.3 is 0 Å². The molecule has 1 aromatic rings. The van der Waals surface area contributed by atoms with Crippen LogP contribution in [0.1, 0.15) is 24.7 Å². The standard InChI is InChI=1S/C7H7BCl2N2/c1-2-5(8)4-3-11-7(10)12-6(4)9/h3,5H,2H2,1H3. The van der Waals surface area contributed by atoms with Gasteiger partial charge in [0.15, 0.2) is 0 Å². The van der Waals surface area contributed by atoms with E-state index in [2.05, 4.69) is 9.97 Å². The SMILES string of the molecule is [B]C(CC)c1cnc(Cl)nc1Cl. The Morgan fingerprint density at radius 1 is 1.58 bits per heavy atom. The first-order chi connectivity index (χ1) is 5.65. The molecule has 2 radical (unpaired) electrons. The van der Waals surface area contributed by atoms with E-state index in [-0.39, 0.29) is 11.1 Å². The van der Waals surface area contributed by atoms with Crippen LogP contribution in [0.2, 0.25) is 10.4 Å². The lowest BCUT2D eigenvalue weighted by Crippen LogP contribution is -2.00. The summed E-state index contributed by atoms with van der Waals surface area (Å²) >= 11 is 11.3. The van der Waals surface area contributed by atoms with E-state index in [0.29, 0.717) is 5.15 Å². The molecule has 1 atom stereocenters. The molecular formula is C7H7BCl2N2. The molecule has 0 spiro atoms. The van der Waals surface area contributed by atoms with Gasteiger partial charge in [0.1, 0.15) is 5.15 Å². The Kier molecular flexibility index (Phi) is 3.35. The number of halogens is 2. The summed E-state index contributed by atoms with van der Waals surface area (Å²) in [5.74, 6) is -0.116. The van der Waals surface area contributed by atoms with Gasteiger partial charge in [-0.25, -0.2) is 9.97 Å². The van der Waals surface area contributed by atoms with Gasteiger partial charge in [0.2, 0.25) is 5.28 Å². The Morgan fingerprint density at radius 2 is 2.25 bits per heavy atom. The predicted octanol–water partition coefficient (Wildman–Crippen LogP) is 2.40. The zero-order chi connectivity index (χ0) is 9.14. The van der Waals surface area contributed by atoms with E-state index in [4.69, 9.17) is 31.0 Å². The van der Waals surface area contributed by atoms with Crippen molar-refractivity contribution in [3.8, 4) is 0 Å². The Hall–Kier alpha value is -0.275. The fourth-order valence-electron chi connectivity index (χ4n) is 0.819. The van der Waals surface area contributed by atoms with Crippen LogP contribution in [0.3, 0.4) is 0 Å². The first-order valence-electron chi connectivity index (χ1n) is 3.58. The molecule has 0 aliphatic rings. The quantitative estimate of drug-likeness (QED) is 0.417. The minimum absolute atomic E-state index is 0.116. The lowest BCUT2D eigenvalue weighted by molar-refractivity contribution is 0.865. The zero-order valence-electron chi connectivity index (χ0n) is 6.59. The summed E-state index contributed by atoms with van der Waals surface area (Å²) in [6, 6.07) is 0. The van der Waals surface area contributed by atoms with E-state index in [0.717, 1.165) is 12.0 Å². The second-order valence-corrected chi connectivity index (χ2v) is 3.10. The molecule has 0 aromatic carbocycles. The highest BCUT2D eigenvalue weighted by Crippen LogP contribution is 2.22. The van der Waals surface area contributed by atoms with Gasteiger partial charge in [-0.3, -0.25) is 0 Å². The summed E-state index contributed by atoms with van der Waals surface area (Å²) in [6.07, 6.45) is 2.36. The molecule has 0 aliphatic heterocycles. The highest BCUT2D eigenvalue weighted by molar-refractivity contribution is 6.32. The largest absolute Gasteiger partial charge is 0.226 e. The van der Waals surface area contributed by atoms with Crippen LogP contribution in [0, 0.1) is 0 Å². The summed E-state index contributed by atoms with van der Waals surface area (Å²) in [5, 5.41) is 0.483. The molecule has 0 amide bonds. The summed E-state index contributed by atoms with van der Waals surface area (Å²) in [4.78, 5) is 7.58. The molecular weight excluding hydrogens is 194 g/mol. The van der Waals surface area contributed by atoms with Crippen molar-refractivity contribution in [2.45, 2.75) is 19.2 Å². The van der Waals surface area contributed by atoms with Crippen LogP contribution in [0.25, 0.3) is 0 Å². The molecule has 0 saturated carbocycles. The molecule has 62 valence electrons. The molecule has 1 rings (SSSR count). The minimum Gasteiger partial charge on any atom is -0.226 e. The topological polar surface area (TPSA) is 25.8 Å². The highest BCUT2D eigenvalue weighted by atomic mass is 35.5. The van der Waals surface area contributed by atoms with Gasteiger partial charge in [0.25, 0.3) is 0 Å². The number of hydrogen-bond donors (Lipinski definition) is 0. The fourth-order valence-corrected chi connectivity index (χ4v) is 1.26. The van der Waals surface area contributed by atoms with Crippen LogP contribution in [-0.4, -0.2) is 17.8 Å². The number of nitrogens with zero attached hydrogens (tertiary/aromatic N) is 2. The Labute approximate surface area is 82.7 Å². The predicted molar refractivity (Wildman–Crippen MR) is 50.8 cm³/mol. The van der Waals surface area contributed by atoms with E-state index in [1.165, 1.54) is 0 Å². The van der Waals surface area contributed by atoms with Crippen molar-refractivity contribution in [3.63, 3.8) is 0 Å². The van der Waals surface area contributed by atoms with Crippen LogP contribution in [0.15, 0.2) is 6.20 Å². The Bertz CT molecular complexity index is 280. The average Bonchev–Trinajstić information content (AvgIpc) is 2.03. The van der Waals surface area contributed by atoms with Crippen LogP contribution in [-0.2, 0) is 0 Å². The lowest BCUT2D eigenvalue weighted by atomic mass is 9.80. The summed E-state index contributed by atoms with van der Waals surface area (Å²) < 4.78 is 0. The third-order valence-corrected chi connectivity index (χ3v) is 2.06. The van der Waals surface area contributed by atoms with Crippen molar-refractivity contribution in [2.24, 2.45) is 0 Å². The molecule has 0 saturated heterocycles. The monoisotopic (exact) mass is 200 g/mol. The van der Waals surface area contributed by atoms with Gasteiger partial charge in [-0.2, -0.15) is 0 Å². The number of rotatable bonds is 2. The number of hydrogen-bond acceptors (Lipinski definition) is 2. The van der Waals surface area contributed by atoms with Gasteiger partial charge in [-0.1, -0.05) is 24.9 Å². The van der Waals surface area contributed by atoms with E-state index in [1.54, 1.807) is 6.20 Å². The first-order valence-corrected chi connectivity index (χ1v) is 4.34. The lowest BCUT2D eigenvalue weighted by Gasteiger charge is -2.09. The van der Waals surface area contributed by atoms with E-state index in [1.807, 2.05) is 6.92 Å². The molecule has 1 heterocycles. The molecule has 0 fully saturated rings. The molecule has 1 unspecified atom stereocenters. The third kappa shape index (κ3) is 2.11. The molecule has 5 heteroatoms. The second-order valence-electron chi connectivity index (χ2n) is 2.40. The van der Waals surface area contributed by atoms with Gasteiger partial charge in [0.05, 0.1) is 7.85 Å². The third-order valence-electron chi connectivity index (χ3n) is 1.58. The highest BCUT2D eigenvalue weighted by Gasteiger charge is 2.09. The maximum atomic E-state index is 5.79. The minimum atomic E-state index is -0.116. The second kappa shape index (κ2) is 4.10. The first kappa shape index (κ1) is 9.81. The van der Waals surface area contributed by atoms with Crippen LogP contribution in [0.5, 0.6) is 0 Å². The maximum absolute atomic E-state index is 5.79. The van der Waals surface area contributed by atoms with Gasteiger partial charge in [-0.15, -0.1) is 0 Å². The van der Waals surface area contributed by atoms with E-state index in [9.17, 15) is 0 Å². The van der Waals surface area contributed by atoms with Crippen molar-refractivity contribution in [1.82, 2.24) is 9.97 Å². The normalized spacial score (nSPS) is 12.9. The van der Waals surface area contributed by atoms with E-state index >= 15 is 0 Å². The fraction of sp³-hybridized carbons (Fsp3) is 0.429. The molecule has 0 N–H and O–H groups in total. The van der Waals surface area contributed by atoms with E-state index < -0.39 is 0 Å². The Balaban J connectivity index is 3.01. The summed E-state index contributed by atoms with van der Waals surface area (Å²) in [7, 11) is 5.74. The Morgan fingerprint density at radius 3 is 2.75 bits per heavy atom. The van der Waals surface area contributed by atoms with Crippen LogP contribution in [0.4, 0.5) is 0 Å². The summed E-state index contributed by atoms with van der Waals surface area (Å²) in [6.45, 7) is 1.97. The van der Waals surface area contributed by atoms with Crippen LogP contribution >= 0.6 is 23.2 Å².